The van der Waals surface area contributed by atoms with Crippen LogP contribution in [-0.4, -0.2) is 21.0 Å². The summed E-state index contributed by atoms with van der Waals surface area (Å²) in [5.74, 6) is 0. The van der Waals surface area contributed by atoms with Crippen molar-refractivity contribution in [2.24, 2.45) is 0 Å². The minimum atomic E-state index is -2.66. The molecule has 3 aromatic rings. The first-order valence-corrected chi connectivity index (χ1v) is 6.48. The molecule has 5 nitrogen and oxygen atoms in total. The summed E-state index contributed by atoms with van der Waals surface area (Å²) in [4.78, 5) is 15.3. The minimum Gasteiger partial charge on any atom is -0.338 e. The molecule has 0 aliphatic carbocycles. The number of rotatable bonds is 3. The largest absolute Gasteiger partial charge is 0.338 e. The summed E-state index contributed by atoms with van der Waals surface area (Å²) in [6.07, 6.45) is -2.11. The number of hydrogen-bond acceptors (Lipinski definition) is 3. The second kappa shape index (κ2) is 5.41. The molecule has 1 aromatic carbocycles. The number of aromatic amines is 1. The van der Waals surface area contributed by atoms with Gasteiger partial charge in [-0.25, -0.2) is 8.78 Å². The van der Waals surface area contributed by atoms with Crippen molar-refractivity contribution < 1.29 is 8.78 Å². The third-order valence-corrected chi connectivity index (χ3v) is 3.31. The molecule has 0 bridgehead atoms. The lowest BCUT2D eigenvalue weighted by atomic mass is 10.0. The van der Waals surface area contributed by atoms with Gasteiger partial charge in [0.25, 0.3) is 5.56 Å². The van der Waals surface area contributed by atoms with Gasteiger partial charge >= 0.3 is 0 Å². The Kier molecular flexibility index (Phi) is 3.43. The molecule has 2 aromatic heterocycles. The van der Waals surface area contributed by atoms with Crippen molar-refractivity contribution in [3.8, 4) is 17.3 Å². The highest BCUT2D eigenvalue weighted by Gasteiger charge is 2.19. The molecule has 0 radical (unpaired) electrons. The quantitative estimate of drug-likeness (QED) is 0.807. The van der Waals surface area contributed by atoms with Gasteiger partial charge in [0.05, 0.1) is 11.9 Å². The van der Waals surface area contributed by atoms with E-state index in [1.807, 2.05) is 6.07 Å². The van der Waals surface area contributed by atoms with E-state index in [0.717, 1.165) is 4.52 Å². The van der Waals surface area contributed by atoms with Crippen molar-refractivity contribution in [1.82, 2.24) is 14.6 Å². The predicted octanol–water partition coefficient (Wildman–Crippen LogP) is 2.37. The van der Waals surface area contributed by atoms with Crippen molar-refractivity contribution in [3.63, 3.8) is 0 Å². The van der Waals surface area contributed by atoms with E-state index in [2.05, 4.69) is 10.1 Å². The third kappa shape index (κ3) is 2.24. The van der Waals surface area contributed by atoms with Crippen molar-refractivity contribution >= 4 is 5.65 Å². The topological polar surface area (TPSA) is 74.0 Å². The molecule has 0 aliphatic heterocycles. The van der Waals surface area contributed by atoms with Crippen molar-refractivity contribution in [3.05, 3.63) is 58.0 Å². The van der Waals surface area contributed by atoms with Gasteiger partial charge in [0, 0.05) is 12.0 Å². The Hall–Kier alpha value is -3.01. The van der Waals surface area contributed by atoms with E-state index < -0.39 is 18.4 Å². The van der Waals surface area contributed by atoms with Crippen LogP contribution in [0.1, 0.15) is 11.1 Å². The monoisotopic (exact) mass is 300 g/mol. The Balaban J connectivity index is 2.37. The first-order chi connectivity index (χ1) is 10.6. The highest BCUT2D eigenvalue weighted by Crippen LogP contribution is 2.22. The smallest absolute Gasteiger partial charge is 0.278 e. The van der Waals surface area contributed by atoms with Crippen LogP contribution < -0.4 is 5.56 Å². The number of nitrogens with one attached hydrogen (secondary N) is 1. The number of aromatic nitrogens is 3. The van der Waals surface area contributed by atoms with Gasteiger partial charge in [-0.15, -0.1) is 0 Å². The molecule has 0 fully saturated rings. The molecule has 0 saturated carbocycles. The Bertz CT molecular complexity index is 922. The van der Waals surface area contributed by atoms with Gasteiger partial charge in [0.15, 0.2) is 5.65 Å². The first-order valence-electron chi connectivity index (χ1n) is 6.48. The van der Waals surface area contributed by atoms with Crippen LogP contribution in [0.4, 0.5) is 8.78 Å². The molecular weight excluding hydrogens is 290 g/mol. The van der Waals surface area contributed by atoms with E-state index in [0.29, 0.717) is 5.56 Å². The number of nitriles is 1. The van der Waals surface area contributed by atoms with Crippen LogP contribution in [0, 0.1) is 11.3 Å². The molecular formula is C15H10F2N4O. The highest BCUT2D eigenvalue weighted by atomic mass is 19.3. The van der Waals surface area contributed by atoms with Gasteiger partial charge in [-0.1, -0.05) is 30.3 Å². The summed E-state index contributed by atoms with van der Waals surface area (Å²) < 4.78 is 26.6. The molecule has 3 rings (SSSR count). The fourth-order valence-corrected chi connectivity index (χ4v) is 2.33. The molecule has 0 amide bonds. The summed E-state index contributed by atoms with van der Waals surface area (Å²) >= 11 is 0. The summed E-state index contributed by atoms with van der Waals surface area (Å²) in [6.45, 7) is 0. The Labute approximate surface area is 123 Å². The van der Waals surface area contributed by atoms with E-state index in [9.17, 15) is 13.6 Å². The van der Waals surface area contributed by atoms with Crippen molar-refractivity contribution in [2.75, 3.05) is 0 Å². The number of fused-ring (bicyclic) bond motifs is 1. The maximum Gasteiger partial charge on any atom is 0.278 e. The Morgan fingerprint density at radius 2 is 2.05 bits per heavy atom. The molecule has 22 heavy (non-hydrogen) atoms. The molecule has 0 spiro atoms. The molecule has 0 aliphatic rings. The molecule has 110 valence electrons. The zero-order valence-electron chi connectivity index (χ0n) is 11.3. The Morgan fingerprint density at radius 3 is 2.68 bits per heavy atom. The lowest BCUT2D eigenvalue weighted by Gasteiger charge is -2.10. The van der Waals surface area contributed by atoms with E-state index in [4.69, 9.17) is 5.26 Å². The summed E-state index contributed by atoms with van der Waals surface area (Å²) in [6, 6.07) is 10.6. The minimum absolute atomic E-state index is 0.0544. The molecule has 2 heterocycles. The predicted molar refractivity (Wildman–Crippen MR) is 75.7 cm³/mol. The SMILES string of the molecule is N#Cc1cnn2c(=O)c(CC(F)F)c(-c3ccccc3)[nH]c12. The molecule has 0 unspecified atom stereocenters. The van der Waals surface area contributed by atoms with Crippen molar-refractivity contribution in [2.45, 2.75) is 12.8 Å². The maximum absolute atomic E-state index is 12.8. The molecule has 0 saturated heterocycles. The zero-order valence-corrected chi connectivity index (χ0v) is 11.3. The van der Waals surface area contributed by atoms with Crippen LogP contribution in [0.2, 0.25) is 0 Å². The zero-order chi connectivity index (χ0) is 15.7. The number of benzene rings is 1. The van der Waals surface area contributed by atoms with Gasteiger partial charge in [-0.2, -0.15) is 14.9 Å². The van der Waals surface area contributed by atoms with E-state index in [-0.39, 0.29) is 22.5 Å². The Morgan fingerprint density at radius 1 is 1.32 bits per heavy atom. The lowest BCUT2D eigenvalue weighted by molar-refractivity contribution is 0.148. The average Bonchev–Trinajstić information content (AvgIpc) is 2.93. The normalized spacial score (nSPS) is 11.0. The molecule has 1 N–H and O–H groups in total. The van der Waals surface area contributed by atoms with Crippen LogP contribution in [0.3, 0.4) is 0 Å². The van der Waals surface area contributed by atoms with Crippen LogP contribution in [0.5, 0.6) is 0 Å². The van der Waals surface area contributed by atoms with Gasteiger partial charge in [0.2, 0.25) is 6.43 Å². The highest BCUT2D eigenvalue weighted by molar-refractivity contribution is 5.67. The molecule has 7 heteroatoms. The number of H-pyrrole nitrogens is 1. The number of alkyl halides is 2. The van der Waals surface area contributed by atoms with Crippen LogP contribution in [0.25, 0.3) is 16.9 Å². The third-order valence-electron chi connectivity index (χ3n) is 3.31. The van der Waals surface area contributed by atoms with Gasteiger partial charge < -0.3 is 4.98 Å². The second-order valence-corrected chi connectivity index (χ2v) is 4.68. The van der Waals surface area contributed by atoms with E-state index >= 15 is 0 Å². The average molecular weight is 300 g/mol. The van der Waals surface area contributed by atoms with Gasteiger partial charge in [-0.05, 0) is 5.56 Å². The number of halogens is 2. The van der Waals surface area contributed by atoms with Crippen molar-refractivity contribution in [1.29, 1.82) is 5.26 Å². The molecule has 0 atom stereocenters. The van der Waals surface area contributed by atoms with Gasteiger partial charge in [0.1, 0.15) is 11.6 Å². The van der Waals surface area contributed by atoms with E-state index in [1.165, 1.54) is 6.20 Å². The fraction of sp³-hybridized carbons (Fsp3) is 0.133. The second-order valence-electron chi connectivity index (χ2n) is 4.68. The first kappa shape index (κ1) is 13.9. The lowest BCUT2D eigenvalue weighted by Crippen LogP contribution is -2.23. The summed E-state index contributed by atoms with van der Waals surface area (Å²) in [5, 5.41) is 12.8. The summed E-state index contributed by atoms with van der Waals surface area (Å²) in [5.41, 5.74) is 0.566. The van der Waals surface area contributed by atoms with Crippen LogP contribution in [0.15, 0.2) is 41.3 Å². The standard InChI is InChI=1S/C15H10F2N4O/c16-12(17)6-11-13(9-4-2-1-3-5-9)20-14-10(7-18)8-19-21(14)15(11)22/h1-5,8,12,20H,6H2. The number of hydrogen-bond donors (Lipinski definition) is 1. The number of nitrogens with zero attached hydrogens (tertiary/aromatic N) is 3. The van der Waals surface area contributed by atoms with Crippen LogP contribution >= 0.6 is 0 Å². The van der Waals surface area contributed by atoms with Crippen LogP contribution in [-0.2, 0) is 6.42 Å². The summed E-state index contributed by atoms with van der Waals surface area (Å²) in [7, 11) is 0. The van der Waals surface area contributed by atoms with Gasteiger partial charge in [-0.3, -0.25) is 4.79 Å². The van der Waals surface area contributed by atoms with E-state index in [1.54, 1.807) is 30.3 Å². The maximum atomic E-state index is 12.8. The fourth-order valence-electron chi connectivity index (χ4n) is 2.33.